The second-order valence-electron chi connectivity index (χ2n) is 6.38. The Balaban J connectivity index is 1.77. The van der Waals surface area contributed by atoms with Crippen LogP contribution in [0, 0.1) is 6.92 Å². The number of anilines is 1. The van der Waals surface area contributed by atoms with E-state index in [1.807, 2.05) is 11.3 Å². The number of aryl methyl sites for hydroxylation is 1. The molecule has 0 bridgehead atoms. The normalized spacial score (nSPS) is 15.6. The van der Waals surface area contributed by atoms with Crippen molar-refractivity contribution in [2.75, 3.05) is 5.32 Å². The molecule has 2 heteroatoms. The first-order chi connectivity index (χ1) is 11.8. The Morgan fingerprint density at radius 3 is 2.46 bits per heavy atom. The van der Waals surface area contributed by atoms with Crippen LogP contribution in [0.15, 0.2) is 72.8 Å². The molecular weight excluding hydrogens is 310 g/mol. The number of rotatable bonds is 1. The lowest BCUT2D eigenvalue weighted by Crippen LogP contribution is -2.17. The van der Waals surface area contributed by atoms with Gasteiger partial charge in [0, 0.05) is 10.1 Å². The topological polar surface area (TPSA) is 12.0 Å². The highest BCUT2D eigenvalue weighted by molar-refractivity contribution is 7.23. The maximum absolute atomic E-state index is 3.82. The minimum Gasteiger partial charge on any atom is -0.372 e. The van der Waals surface area contributed by atoms with Crippen LogP contribution in [0.5, 0.6) is 0 Å². The second-order valence-corrected chi connectivity index (χ2v) is 7.43. The summed E-state index contributed by atoms with van der Waals surface area (Å²) in [5.41, 5.74) is 6.61. The smallest absolute Gasteiger partial charge is 0.0774 e. The zero-order chi connectivity index (χ0) is 16.1. The van der Waals surface area contributed by atoms with E-state index in [0.29, 0.717) is 0 Å². The Morgan fingerprint density at radius 1 is 0.833 bits per heavy atom. The van der Waals surface area contributed by atoms with Gasteiger partial charge in [-0.2, -0.15) is 0 Å². The molecule has 0 spiro atoms. The molecule has 4 aromatic rings. The monoisotopic (exact) mass is 327 g/mol. The highest BCUT2D eigenvalue weighted by Gasteiger charge is 2.27. The van der Waals surface area contributed by atoms with Crippen LogP contribution >= 0.6 is 11.3 Å². The van der Waals surface area contributed by atoms with E-state index >= 15 is 0 Å². The average Bonchev–Trinajstić information content (AvgIpc) is 3.01. The van der Waals surface area contributed by atoms with Gasteiger partial charge in [0.25, 0.3) is 0 Å². The molecule has 116 valence electrons. The molecule has 1 aliphatic rings. The standard InChI is InChI=1S/C22H17NS/c1-14-10-12-15(13-11-14)20-16-6-2-3-7-17(16)22-21(23-20)18-8-4-5-9-19(18)24-22/h2-13,20,23H,1H3. The van der Waals surface area contributed by atoms with Crippen LogP contribution in [0.25, 0.3) is 20.5 Å². The lowest BCUT2D eigenvalue weighted by molar-refractivity contribution is 0.934. The van der Waals surface area contributed by atoms with E-state index in [4.69, 9.17) is 0 Å². The number of thiophene rings is 1. The van der Waals surface area contributed by atoms with Gasteiger partial charge >= 0.3 is 0 Å². The molecule has 0 saturated heterocycles. The first-order valence-electron chi connectivity index (χ1n) is 8.25. The van der Waals surface area contributed by atoms with Gasteiger partial charge in [-0.15, -0.1) is 11.3 Å². The van der Waals surface area contributed by atoms with E-state index in [1.54, 1.807) is 0 Å². The van der Waals surface area contributed by atoms with Crippen LogP contribution in [0.2, 0.25) is 0 Å². The largest absolute Gasteiger partial charge is 0.372 e. The fourth-order valence-corrected chi connectivity index (χ4v) is 4.79. The minimum atomic E-state index is 0.201. The second kappa shape index (κ2) is 5.22. The van der Waals surface area contributed by atoms with Crippen molar-refractivity contribution in [1.29, 1.82) is 0 Å². The molecule has 1 unspecified atom stereocenters. The zero-order valence-electron chi connectivity index (χ0n) is 13.4. The maximum atomic E-state index is 3.82. The van der Waals surface area contributed by atoms with Crippen molar-refractivity contribution < 1.29 is 0 Å². The van der Waals surface area contributed by atoms with E-state index in [2.05, 4.69) is 85.0 Å². The first-order valence-corrected chi connectivity index (χ1v) is 9.07. The molecular formula is C22H17NS. The number of hydrogen-bond donors (Lipinski definition) is 1. The molecule has 0 radical (unpaired) electrons. The van der Waals surface area contributed by atoms with E-state index in [1.165, 1.54) is 42.9 Å². The van der Waals surface area contributed by atoms with Crippen molar-refractivity contribution in [3.63, 3.8) is 0 Å². The quantitative estimate of drug-likeness (QED) is 0.427. The van der Waals surface area contributed by atoms with Crippen LogP contribution < -0.4 is 5.32 Å². The number of benzene rings is 3. The maximum Gasteiger partial charge on any atom is 0.0774 e. The SMILES string of the molecule is Cc1ccc(C2Nc3c(sc4ccccc34)-c3ccccc32)cc1. The molecule has 3 aromatic carbocycles. The lowest BCUT2D eigenvalue weighted by atomic mass is 9.89. The third-order valence-electron chi connectivity index (χ3n) is 4.81. The lowest BCUT2D eigenvalue weighted by Gasteiger charge is -2.28. The van der Waals surface area contributed by atoms with Gasteiger partial charge in [-0.05, 0) is 29.7 Å². The summed E-state index contributed by atoms with van der Waals surface area (Å²) < 4.78 is 1.34. The van der Waals surface area contributed by atoms with Crippen molar-refractivity contribution >= 4 is 27.1 Å². The van der Waals surface area contributed by atoms with Gasteiger partial charge in [0.15, 0.2) is 0 Å². The van der Waals surface area contributed by atoms with Gasteiger partial charge in [-0.1, -0.05) is 72.3 Å². The van der Waals surface area contributed by atoms with Crippen molar-refractivity contribution in [2.45, 2.75) is 13.0 Å². The summed E-state index contributed by atoms with van der Waals surface area (Å²) in [4.78, 5) is 1.36. The van der Waals surface area contributed by atoms with Crippen LogP contribution in [-0.2, 0) is 0 Å². The van der Waals surface area contributed by atoms with E-state index in [-0.39, 0.29) is 6.04 Å². The van der Waals surface area contributed by atoms with Gasteiger partial charge in [0.1, 0.15) is 0 Å². The molecule has 1 aromatic heterocycles. The zero-order valence-corrected chi connectivity index (χ0v) is 14.2. The van der Waals surface area contributed by atoms with Crippen molar-refractivity contribution in [1.82, 2.24) is 0 Å². The summed E-state index contributed by atoms with van der Waals surface area (Å²) in [6.45, 7) is 2.14. The van der Waals surface area contributed by atoms with Gasteiger partial charge in [-0.3, -0.25) is 0 Å². The van der Waals surface area contributed by atoms with Crippen LogP contribution in [0.4, 0.5) is 5.69 Å². The van der Waals surface area contributed by atoms with Crippen molar-refractivity contribution in [3.05, 3.63) is 89.5 Å². The highest BCUT2D eigenvalue weighted by atomic mass is 32.1. The molecule has 5 rings (SSSR count). The Labute approximate surface area is 145 Å². The predicted molar refractivity (Wildman–Crippen MR) is 104 cm³/mol. The molecule has 1 N–H and O–H groups in total. The molecule has 24 heavy (non-hydrogen) atoms. The number of hydrogen-bond acceptors (Lipinski definition) is 2. The molecule has 0 fully saturated rings. The summed E-state index contributed by atoms with van der Waals surface area (Å²) in [5, 5.41) is 5.15. The molecule has 2 heterocycles. The molecule has 1 atom stereocenters. The van der Waals surface area contributed by atoms with Gasteiger partial charge < -0.3 is 5.32 Å². The minimum absolute atomic E-state index is 0.201. The summed E-state index contributed by atoms with van der Waals surface area (Å²) in [6, 6.07) is 26.5. The Bertz CT molecular complexity index is 1040. The van der Waals surface area contributed by atoms with E-state index in [9.17, 15) is 0 Å². The first kappa shape index (κ1) is 13.8. The Hall–Kier alpha value is -2.58. The van der Waals surface area contributed by atoms with Crippen LogP contribution in [0.1, 0.15) is 22.7 Å². The summed E-state index contributed by atoms with van der Waals surface area (Å²) >= 11 is 1.88. The van der Waals surface area contributed by atoms with Gasteiger partial charge in [0.2, 0.25) is 0 Å². The number of fused-ring (bicyclic) bond motifs is 5. The predicted octanol–water partition coefficient (Wildman–Crippen LogP) is 6.39. The molecule has 0 saturated carbocycles. The summed E-state index contributed by atoms with van der Waals surface area (Å²) in [5.74, 6) is 0. The fraction of sp³-hybridized carbons (Fsp3) is 0.0909. The molecule has 1 nitrogen and oxygen atoms in total. The third-order valence-corrected chi connectivity index (χ3v) is 6.02. The third kappa shape index (κ3) is 2.00. The summed E-state index contributed by atoms with van der Waals surface area (Å²) in [7, 11) is 0. The Morgan fingerprint density at radius 2 is 1.58 bits per heavy atom. The average molecular weight is 327 g/mol. The molecule has 0 aliphatic carbocycles. The summed E-state index contributed by atoms with van der Waals surface area (Å²) in [6.07, 6.45) is 0. The van der Waals surface area contributed by atoms with Crippen molar-refractivity contribution in [3.8, 4) is 10.4 Å². The number of nitrogens with one attached hydrogen (secondary N) is 1. The molecule has 0 amide bonds. The highest BCUT2D eigenvalue weighted by Crippen LogP contribution is 2.50. The van der Waals surface area contributed by atoms with Crippen LogP contribution in [0.3, 0.4) is 0 Å². The van der Waals surface area contributed by atoms with Gasteiger partial charge in [-0.25, -0.2) is 0 Å². The Kier molecular flexibility index (Phi) is 3.00. The van der Waals surface area contributed by atoms with E-state index in [0.717, 1.165) is 0 Å². The van der Waals surface area contributed by atoms with E-state index < -0.39 is 0 Å². The fourth-order valence-electron chi connectivity index (χ4n) is 3.58. The molecule has 1 aliphatic heterocycles. The van der Waals surface area contributed by atoms with Crippen molar-refractivity contribution in [2.24, 2.45) is 0 Å². The van der Waals surface area contributed by atoms with Crippen LogP contribution in [-0.4, -0.2) is 0 Å². The van der Waals surface area contributed by atoms with Gasteiger partial charge in [0.05, 0.1) is 16.6 Å².